The van der Waals surface area contributed by atoms with Crippen molar-refractivity contribution < 1.29 is 34.7 Å². The number of fused-ring (bicyclic) bond motifs is 1. The van der Waals surface area contributed by atoms with E-state index in [0.717, 1.165) is 0 Å². The summed E-state index contributed by atoms with van der Waals surface area (Å²) < 4.78 is 9.76. The van der Waals surface area contributed by atoms with Crippen LogP contribution in [0.5, 0.6) is 0 Å². The Labute approximate surface area is 90.4 Å². The summed E-state index contributed by atoms with van der Waals surface area (Å²) in [5.41, 5.74) is 0. The largest absolute Gasteiger partial charge is 0.417 e. The summed E-state index contributed by atoms with van der Waals surface area (Å²) >= 11 is 0. The number of carbonyl (C=O) groups excluding carboxylic acids is 1. The number of aliphatic hydroxyl groups excluding tert-OH is 4. The van der Waals surface area contributed by atoms with E-state index >= 15 is 0 Å². The maximum absolute atomic E-state index is 10.9. The molecule has 92 valence electrons. The molecule has 16 heavy (non-hydrogen) atoms. The van der Waals surface area contributed by atoms with Gasteiger partial charge in [-0.15, -0.1) is 0 Å². The Morgan fingerprint density at radius 2 is 2.06 bits per heavy atom. The Hall–Kier alpha value is -0.930. The second-order valence-electron chi connectivity index (χ2n) is 3.78. The summed E-state index contributed by atoms with van der Waals surface area (Å²) in [6.07, 6.45) is -7.13. The highest BCUT2D eigenvalue weighted by Gasteiger charge is 2.52. The van der Waals surface area contributed by atoms with E-state index < -0.39 is 49.4 Å². The molecule has 2 saturated heterocycles. The number of hydrogen-bond acceptors (Lipinski definition) is 7. The van der Waals surface area contributed by atoms with Gasteiger partial charge in [-0.1, -0.05) is 0 Å². The molecule has 1 amide bonds. The first-order valence-corrected chi connectivity index (χ1v) is 4.82. The summed E-state index contributed by atoms with van der Waals surface area (Å²) in [6.45, 7) is -0.632. The van der Waals surface area contributed by atoms with Crippen molar-refractivity contribution in [1.29, 1.82) is 0 Å². The highest BCUT2D eigenvalue weighted by molar-refractivity contribution is 5.70. The van der Waals surface area contributed by atoms with E-state index in [1.54, 1.807) is 0 Å². The topological polar surface area (TPSA) is 128 Å². The summed E-state index contributed by atoms with van der Waals surface area (Å²) in [4.78, 5) is 10.9. The molecule has 2 fully saturated rings. The van der Waals surface area contributed by atoms with Crippen molar-refractivity contribution in [3.8, 4) is 0 Å². The molecule has 0 saturated carbocycles. The zero-order valence-electron chi connectivity index (χ0n) is 8.18. The molecule has 2 heterocycles. The summed E-state index contributed by atoms with van der Waals surface area (Å²) in [6, 6.07) is -0.871. The quantitative estimate of drug-likeness (QED) is 0.343. The first-order valence-electron chi connectivity index (χ1n) is 4.82. The van der Waals surface area contributed by atoms with Crippen LogP contribution in [0.15, 0.2) is 0 Å². The fraction of sp³-hybridized carbons (Fsp3) is 0.875. The fourth-order valence-corrected chi connectivity index (χ4v) is 1.84. The Balaban J connectivity index is 2.13. The zero-order valence-corrected chi connectivity index (χ0v) is 8.18. The van der Waals surface area contributed by atoms with E-state index in [0.29, 0.717) is 0 Å². The Morgan fingerprint density at radius 3 is 2.69 bits per heavy atom. The molecule has 0 radical (unpaired) electrons. The summed E-state index contributed by atoms with van der Waals surface area (Å²) in [5.74, 6) is 0. The van der Waals surface area contributed by atoms with Crippen LogP contribution < -0.4 is 5.32 Å². The molecule has 2 aliphatic heterocycles. The number of amides is 1. The van der Waals surface area contributed by atoms with Gasteiger partial charge in [0.1, 0.15) is 30.5 Å². The van der Waals surface area contributed by atoms with E-state index in [4.69, 9.17) is 9.84 Å². The number of rotatable bonds is 2. The first kappa shape index (κ1) is 11.6. The van der Waals surface area contributed by atoms with E-state index in [-0.39, 0.29) is 0 Å². The average molecular weight is 235 g/mol. The molecule has 8 heteroatoms. The second-order valence-corrected chi connectivity index (χ2v) is 3.78. The maximum atomic E-state index is 10.9. The number of aliphatic hydroxyl groups is 4. The first-order chi connectivity index (χ1) is 7.54. The number of carbonyl (C=O) groups is 1. The van der Waals surface area contributed by atoms with Gasteiger partial charge in [0.15, 0.2) is 0 Å². The van der Waals surface area contributed by atoms with Crippen LogP contribution in [0.25, 0.3) is 0 Å². The van der Waals surface area contributed by atoms with Crippen molar-refractivity contribution in [2.45, 2.75) is 36.7 Å². The van der Waals surface area contributed by atoms with Crippen LogP contribution in [0, 0.1) is 0 Å². The molecule has 0 aromatic carbocycles. The Kier molecular flexibility index (Phi) is 3.00. The van der Waals surface area contributed by atoms with E-state index in [2.05, 4.69) is 10.1 Å². The van der Waals surface area contributed by atoms with E-state index in [1.807, 2.05) is 0 Å². The van der Waals surface area contributed by atoms with Crippen molar-refractivity contribution in [3.63, 3.8) is 0 Å². The maximum Gasteiger partial charge on any atom is 0.410 e. The predicted molar refractivity (Wildman–Crippen MR) is 47.2 cm³/mol. The van der Waals surface area contributed by atoms with Crippen LogP contribution in [-0.4, -0.2) is 69.9 Å². The third-order valence-corrected chi connectivity index (χ3v) is 2.71. The molecule has 0 spiro atoms. The van der Waals surface area contributed by atoms with Crippen LogP contribution in [0.2, 0.25) is 0 Å². The van der Waals surface area contributed by atoms with Crippen molar-refractivity contribution in [2.24, 2.45) is 0 Å². The van der Waals surface area contributed by atoms with Gasteiger partial charge in [-0.25, -0.2) is 4.79 Å². The lowest BCUT2D eigenvalue weighted by Crippen LogP contribution is -2.62. The summed E-state index contributed by atoms with van der Waals surface area (Å²) in [5, 5.41) is 39.6. The van der Waals surface area contributed by atoms with Crippen LogP contribution in [-0.2, 0) is 9.47 Å². The van der Waals surface area contributed by atoms with Crippen molar-refractivity contribution in [3.05, 3.63) is 0 Å². The van der Waals surface area contributed by atoms with Gasteiger partial charge in [0.25, 0.3) is 0 Å². The SMILES string of the molecule is O=C1N[C@H]2[C@@H](O1)O[C@H]([C@H](O)CO)[C@@H](O)[C@@H]2O. The van der Waals surface area contributed by atoms with Gasteiger partial charge < -0.3 is 35.2 Å². The number of hydrogen-bond donors (Lipinski definition) is 5. The number of nitrogens with one attached hydrogen (secondary N) is 1. The van der Waals surface area contributed by atoms with Gasteiger partial charge in [0.05, 0.1) is 6.61 Å². The third kappa shape index (κ3) is 1.74. The minimum Gasteiger partial charge on any atom is -0.417 e. The van der Waals surface area contributed by atoms with Crippen LogP contribution in [0.1, 0.15) is 0 Å². The smallest absolute Gasteiger partial charge is 0.410 e. The molecule has 5 N–H and O–H groups in total. The monoisotopic (exact) mass is 235 g/mol. The van der Waals surface area contributed by atoms with Gasteiger partial charge in [0.2, 0.25) is 6.29 Å². The van der Waals surface area contributed by atoms with Crippen LogP contribution in [0.3, 0.4) is 0 Å². The number of alkyl carbamates (subject to hydrolysis) is 1. The molecule has 6 atom stereocenters. The minimum atomic E-state index is -1.41. The molecule has 2 aliphatic rings. The standard InChI is InChI=1S/C8H13NO7/c10-1-2(11)6-5(13)4(12)3-7(15-6)16-8(14)9-3/h2-7,10-13H,1H2,(H,9,14)/t2-,3-,4-,5+,6-,7-/m1/s1. The van der Waals surface area contributed by atoms with Gasteiger partial charge in [0, 0.05) is 0 Å². The second kappa shape index (κ2) is 4.15. The summed E-state index contributed by atoms with van der Waals surface area (Å²) in [7, 11) is 0. The lowest BCUT2D eigenvalue weighted by molar-refractivity contribution is -0.251. The molecule has 2 rings (SSSR count). The molecule has 0 aromatic heterocycles. The molecule has 0 unspecified atom stereocenters. The van der Waals surface area contributed by atoms with Crippen LogP contribution in [0.4, 0.5) is 4.79 Å². The minimum absolute atomic E-state index is 0.632. The molecule has 0 bridgehead atoms. The van der Waals surface area contributed by atoms with Crippen LogP contribution >= 0.6 is 0 Å². The third-order valence-electron chi connectivity index (χ3n) is 2.71. The zero-order chi connectivity index (χ0) is 11.9. The Morgan fingerprint density at radius 1 is 1.38 bits per heavy atom. The Bertz CT molecular complexity index is 286. The highest BCUT2D eigenvalue weighted by atomic mass is 16.7. The molecule has 0 aliphatic carbocycles. The van der Waals surface area contributed by atoms with Gasteiger partial charge in [-0.2, -0.15) is 0 Å². The van der Waals surface area contributed by atoms with Crippen molar-refractivity contribution in [1.82, 2.24) is 5.32 Å². The van der Waals surface area contributed by atoms with Crippen molar-refractivity contribution >= 4 is 6.09 Å². The number of ether oxygens (including phenoxy) is 2. The predicted octanol–water partition coefficient (Wildman–Crippen LogP) is -3.11. The normalized spacial score (nSPS) is 44.5. The van der Waals surface area contributed by atoms with E-state index in [9.17, 15) is 20.1 Å². The molecular weight excluding hydrogens is 222 g/mol. The van der Waals surface area contributed by atoms with Crippen molar-refractivity contribution in [2.75, 3.05) is 6.61 Å². The fourth-order valence-electron chi connectivity index (χ4n) is 1.84. The molecule has 0 aromatic rings. The molecule has 8 nitrogen and oxygen atoms in total. The molecular formula is C8H13NO7. The lowest BCUT2D eigenvalue weighted by Gasteiger charge is -2.39. The van der Waals surface area contributed by atoms with Gasteiger partial charge in [-0.05, 0) is 0 Å². The van der Waals surface area contributed by atoms with Gasteiger partial charge in [-0.3, -0.25) is 0 Å². The van der Waals surface area contributed by atoms with Gasteiger partial charge >= 0.3 is 6.09 Å². The highest BCUT2D eigenvalue weighted by Crippen LogP contribution is 2.27. The van der Waals surface area contributed by atoms with E-state index in [1.165, 1.54) is 0 Å². The lowest BCUT2D eigenvalue weighted by atomic mass is 9.94. The average Bonchev–Trinajstić information content (AvgIpc) is 2.63.